The SMILES string of the molecule is O=C(Nc1cc(Cl)ccc1F)c1ccc2c(=O)n3c(nc2c1)CCCCC3. The molecular formula is C20H17ClFN3O2. The molecule has 1 amide bonds. The summed E-state index contributed by atoms with van der Waals surface area (Å²) in [6, 6.07) is 8.67. The van der Waals surface area contributed by atoms with E-state index in [0.29, 0.717) is 28.0 Å². The monoisotopic (exact) mass is 385 g/mol. The molecule has 0 saturated carbocycles. The lowest BCUT2D eigenvalue weighted by Crippen LogP contribution is -2.24. The van der Waals surface area contributed by atoms with Gasteiger partial charge in [0.05, 0.1) is 16.6 Å². The molecule has 1 N–H and O–H groups in total. The van der Waals surface area contributed by atoms with Crippen LogP contribution in [0.4, 0.5) is 10.1 Å². The van der Waals surface area contributed by atoms with Gasteiger partial charge in [-0.1, -0.05) is 18.0 Å². The van der Waals surface area contributed by atoms with Crippen molar-refractivity contribution in [3.63, 3.8) is 0 Å². The molecule has 0 atom stereocenters. The maximum atomic E-state index is 13.8. The number of benzene rings is 2. The Labute approximate surface area is 159 Å². The highest BCUT2D eigenvalue weighted by Crippen LogP contribution is 2.21. The Bertz CT molecular complexity index is 1110. The van der Waals surface area contributed by atoms with Crippen LogP contribution in [0.3, 0.4) is 0 Å². The molecule has 1 aliphatic rings. The average Bonchev–Trinajstić information content (AvgIpc) is 2.90. The predicted molar refractivity (Wildman–Crippen MR) is 103 cm³/mol. The Morgan fingerprint density at radius 1 is 1.15 bits per heavy atom. The molecule has 0 aliphatic carbocycles. The minimum atomic E-state index is -0.574. The molecule has 0 spiro atoms. The predicted octanol–water partition coefficient (Wildman–Crippen LogP) is 4.17. The van der Waals surface area contributed by atoms with Crippen LogP contribution >= 0.6 is 11.6 Å². The molecule has 4 rings (SSSR count). The molecule has 0 unspecified atom stereocenters. The van der Waals surface area contributed by atoms with Gasteiger partial charge in [-0.05, 0) is 49.2 Å². The van der Waals surface area contributed by atoms with Gasteiger partial charge in [0, 0.05) is 23.6 Å². The Balaban J connectivity index is 1.71. The zero-order valence-corrected chi connectivity index (χ0v) is 15.2. The maximum Gasteiger partial charge on any atom is 0.261 e. The topological polar surface area (TPSA) is 64.0 Å². The van der Waals surface area contributed by atoms with Gasteiger partial charge >= 0.3 is 0 Å². The van der Waals surface area contributed by atoms with Crippen LogP contribution in [0, 0.1) is 5.82 Å². The molecule has 0 bridgehead atoms. The van der Waals surface area contributed by atoms with Gasteiger partial charge in [0.25, 0.3) is 11.5 Å². The first kappa shape index (κ1) is 17.7. The van der Waals surface area contributed by atoms with E-state index in [4.69, 9.17) is 11.6 Å². The first-order valence-corrected chi connectivity index (χ1v) is 9.20. The number of nitrogens with one attached hydrogen (secondary N) is 1. The van der Waals surface area contributed by atoms with Crippen LogP contribution in [0.1, 0.15) is 35.4 Å². The fourth-order valence-corrected chi connectivity index (χ4v) is 3.52. The van der Waals surface area contributed by atoms with E-state index < -0.39 is 11.7 Å². The van der Waals surface area contributed by atoms with Crippen molar-refractivity contribution in [2.75, 3.05) is 5.32 Å². The largest absolute Gasteiger partial charge is 0.319 e. The van der Waals surface area contributed by atoms with Crippen LogP contribution in [0.25, 0.3) is 10.9 Å². The van der Waals surface area contributed by atoms with Crippen LogP contribution < -0.4 is 10.9 Å². The third kappa shape index (κ3) is 3.45. The van der Waals surface area contributed by atoms with Crippen molar-refractivity contribution in [3.05, 3.63) is 69.0 Å². The molecule has 7 heteroatoms. The second-order valence-electron chi connectivity index (χ2n) is 6.61. The quantitative estimate of drug-likeness (QED) is 0.720. The maximum absolute atomic E-state index is 13.8. The molecule has 2 heterocycles. The number of halogens is 2. The number of nitrogens with zero attached hydrogens (tertiary/aromatic N) is 2. The van der Waals surface area contributed by atoms with Gasteiger partial charge in [-0.15, -0.1) is 0 Å². The summed E-state index contributed by atoms with van der Waals surface area (Å²) in [4.78, 5) is 29.9. The molecule has 1 aromatic heterocycles. The summed E-state index contributed by atoms with van der Waals surface area (Å²) in [6.45, 7) is 0.674. The van der Waals surface area contributed by atoms with Crippen molar-refractivity contribution in [2.24, 2.45) is 0 Å². The number of fused-ring (bicyclic) bond motifs is 2. The molecule has 1 aliphatic heterocycles. The molecule has 0 saturated heterocycles. The molecule has 5 nitrogen and oxygen atoms in total. The van der Waals surface area contributed by atoms with Crippen molar-refractivity contribution >= 4 is 34.1 Å². The normalized spacial score (nSPS) is 13.9. The van der Waals surface area contributed by atoms with E-state index in [1.165, 1.54) is 18.2 Å². The number of amides is 1. The highest BCUT2D eigenvalue weighted by Gasteiger charge is 2.16. The van der Waals surface area contributed by atoms with Crippen molar-refractivity contribution in [3.8, 4) is 0 Å². The van der Waals surface area contributed by atoms with E-state index in [-0.39, 0.29) is 11.2 Å². The molecule has 138 valence electrons. The van der Waals surface area contributed by atoms with E-state index in [0.717, 1.165) is 31.5 Å². The first-order chi connectivity index (χ1) is 13.0. The van der Waals surface area contributed by atoms with E-state index in [2.05, 4.69) is 10.3 Å². The summed E-state index contributed by atoms with van der Waals surface area (Å²) < 4.78 is 15.6. The number of aryl methyl sites for hydroxylation is 1. The van der Waals surface area contributed by atoms with Crippen LogP contribution in [0.15, 0.2) is 41.2 Å². The van der Waals surface area contributed by atoms with Gasteiger partial charge in [-0.2, -0.15) is 0 Å². The van der Waals surface area contributed by atoms with Gasteiger partial charge in [0.15, 0.2) is 0 Å². The molecular weight excluding hydrogens is 369 g/mol. The summed E-state index contributed by atoms with van der Waals surface area (Å²) in [5.41, 5.74) is 0.701. The molecule has 3 aromatic rings. The zero-order chi connectivity index (χ0) is 19.0. The van der Waals surface area contributed by atoms with Gasteiger partial charge in [-0.3, -0.25) is 14.2 Å². The van der Waals surface area contributed by atoms with Crippen molar-refractivity contribution in [2.45, 2.75) is 32.2 Å². The number of carbonyl (C=O) groups excluding carboxylic acids is 1. The summed E-state index contributed by atoms with van der Waals surface area (Å²) in [6.07, 6.45) is 3.77. The number of anilines is 1. The Morgan fingerprint density at radius 3 is 2.85 bits per heavy atom. The highest BCUT2D eigenvalue weighted by atomic mass is 35.5. The minimum absolute atomic E-state index is 0.00236. The standard InChI is InChI=1S/C20H17ClFN3O2/c21-13-6-8-15(22)17(11-13)24-19(26)12-5-7-14-16(10-12)23-18-4-2-1-3-9-25(18)20(14)27/h5-8,10-11H,1-4,9H2,(H,24,26). The van der Waals surface area contributed by atoms with Gasteiger partial charge in [0.2, 0.25) is 0 Å². The third-order valence-electron chi connectivity index (χ3n) is 4.76. The average molecular weight is 386 g/mol. The number of rotatable bonds is 2. The zero-order valence-electron chi connectivity index (χ0n) is 14.5. The summed E-state index contributed by atoms with van der Waals surface area (Å²) >= 11 is 5.86. The molecule has 0 fully saturated rings. The molecule has 0 radical (unpaired) electrons. The number of hydrogen-bond donors (Lipinski definition) is 1. The summed E-state index contributed by atoms with van der Waals surface area (Å²) in [5.74, 6) is -0.311. The smallest absolute Gasteiger partial charge is 0.261 e. The Hall–Kier alpha value is -2.73. The van der Waals surface area contributed by atoms with Crippen molar-refractivity contribution in [1.82, 2.24) is 9.55 Å². The van der Waals surface area contributed by atoms with Gasteiger partial charge < -0.3 is 5.32 Å². The highest BCUT2D eigenvalue weighted by molar-refractivity contribution is 6.31. The minimum Gasteiger partial charge on any atom is -0.319 e. The van der Waals surface area contributed by atoms with Gasteiger partial charge in [0.1, 0.15) is 11.6 Å². The number of carbonyl (C=O) groups is 1. The number of aromatic nitrogens is 2. The van der Waals surface area contributed by atoms with Crippen LogP contribution in [0.2, 0.25) is 5.02 Å². The Kier molecular flexibility index (Phi) is 4.66. The Morgan fingerprint density at radius 2 is 2.00 bits per heavy atom. The van der Waals surface area contributed by atoms with Crippen molar-refractivity contribution < 1.29 is 9.18 Å². The molecule has 2 aromatic carbocycles. The van der Waals surface area contributed by atoms with E-state index in [1.54, 1.807) is 22.8 Å². The van der Waals surface area contributed by atoms with Gasteiger partial charge in [-0.25, -0.2) is 9.37 Å². The second-order valence-corrected chi connectivity index (χ2v) is 7.04. The number of hydrogen-bond acceptors (Lipinski definition) is 3. The second kappa shape index (κ2) is 7.12. The third-order valence-corrected chi connectivity index (χ3v) is 4.99. The lowest BCUT2D eigenvalue weighted by Gasteiger charge is -2.11. The fourth-order valence-electron chi connectivity index (χ4n) is 3.35. The van der Waals surface area contributed by atoms with Crippen LogP contribution in [-0.4, -0.2) is 15.5 Å². The van der Waals surface area contributed by atoms with Crippen LogP contribution in [-0.2, 0) is 13.0 Å². The summed E-state index contributed by atoms with van der Waals surface area (Å²) in [5, 5.41) is 3.31. The lowest BCUT2D eigenvalue weighted by molar-refractivity contribution is 0.102. The van der Waals surface area contributed by atoms with E-state index in [1.807, 2.05) is 0 Å². The fraction of sp³-hybridized carbons (Fsp3) is 0.250. The van der Waals surface area contributed by atoms with E-state index >= 15 is 0 Å². The van der Waals surface area contributed by atoms with Crippen LogP contribution in [0.5, 0.6) is 0 Å². The summed E-state index contributed by atoms with van der Waals surface area (Å²) in [7, 11) is 0. The van der Waals surface area contributed by atoms with E-state index in [9.17, 15) is 14.0 Å². The molecule has 27 heavy (non-hydrogen) atoms. The van der Waals surface area contributed by atoms with Crippen molar-refractivity contribution in [1.29, 1.82) is 0 Å². The first-order valence-electron chi connectivity index (χ1n) is 8.83. The lowest BCUT2D eigenvalue weighted by atomic mass is 10.1.